The summed E-state index contributed by atoms with van der Waals surface area (Å²) in [5.41, 5.74) is 3.17. The number of carbonyl (C=O) groups excluding carboxylic acids is 1. The molecule has 0 saturated carbocycles. The zero-order chi connectivity index (χ0) is 26.0. The van der Waals surface area contributed by atoms with E-state index in [1.807, 2.05) is 65.4 Å². The minimum atomic E-state index is -3.61. The van der Waals surface area contributed by atoms with E-state index in [0.717, 1.165) is 26.5 Å². The van der Waals surface area contributed by atoms with E-state index in [-0.39, 0.29) is 16.6 Å². The topological polar surface area (TPSA) is 113 Å². The molecule has 188 valence electrons. The number of aromatic nitrogens is 4. The number of hydrogen-bond donors (Lipinski definition) is 2. The summed E-state index contributed by atoms with van der Waals surface area (Å²) in [6.07, 6.45) is 1.91. The Bertz CT molecular complexity index is 1680. The third kappa shape index (κ3) is 5.01. The number of fused-ring (bicyclic) bond motifs is 1. The third-order valence-electron chi connectivity index (χ3n) is 5.71. The number of thioether (sulfide) groups is 1. The fourth-order valence-corrected chi connectivity index (χ4v) is 5.58. The Labute approximate surface area is 218 Å². The highest BCUT2D eigenvalue weighted by molar-refractivity contribution is 7.99. The second-order valence-electron chi connectivity index (χ2n) is 8.38. The maximum Gasteiger partial charge on any atom is 0.242 e. The first-order valence-corrected chi connectivity index (χ1v) is 13.8. The molecule has 0 bridgehead atoms. The van der Waals surface area contributed by atoms with Crippen molar-refractivity contribution in [2.45, 2.75) is 10.1 Å². The van der Waals surface area contributed by atoms with Gasteiger partial charge in [-0.15, -0.1) is 10.2 Å². The van der Waals surface area contributed by atoms with E-state index in [9.17, 15) is 13.2 Å². The van der Waals surface area contributed by atoms with Gasteiger partial charge >= 0.3 is 0 Å². The molecule has 0 aliphatic rings. The van der Waals surface area contributed by atoms with E-state index in [1.54, 1.807) is 12.1 Å². The number of sulfonamides is 1. The lowest BCUT2D eigenvalue weighted by Crippen LogP contribution is -2.22. The highest BCUT2D eigenvalue weighted by atomic mass is 32.2. The van der Waals surface area contributed by atoms with Crippen molar-refractivity contribution in [3.63, 3.8) is 0 Å². The smallest absolute Gasteiger partial charge is 0.242 e. The molecule has 0 aliphatic carbocycles. The van der Waals surface area contributed by atoms with Crippen LogP contribution in [0.2, 0.25) is 0 Å². The van der Waals surface area contributed by atoms with Crippen LogP contribution in [-0.4, -0.2) is 58.2 Å². The van der Waals surface area contributed by atoms with E-state index >= 15 is 0 Å². The van der Waals surface area contributed by atoms with Crippen molar-refractivity contribution in [3.05, 3.63) is 85.1 Å². The van der Waals surface area contributed by atoms with Gasteiger partial charge in [-0.2, -0.15) is 0 Å². The highest BCUT2D eigenvalue weighted by Crippen LogP contribution is 2.32. The number of rotatable bonds is 8. The lowest BCUT2D eigenvalue weighted by molar-refractivity contribution is -0.113. The van der Waals surface area contributed by atoms with Crippen molar-refractivity contribution >= 4 is 44.3 Å². The first kappa shape index (κ1) is 24.8. The lowest BCUT2D eigenvalue weighted by atomic mass is 10.1. The second-order valence-corrected chi connectivity index (χ2v) is 11.5. The molecule has 0 unspecified atom stereocenters. The Kier molecular flexibility index (Phi) is 6.83. The molecule has 9 nitrogen and oxygen atoms in total. The van der Waals surface area contributed by atoms with Crippen LogP contribution >= 0.6 is 11.8 Å². The Balaban J connectivity index is 1.40. The number of hydrogen-bond acceptors (Lipinski definition) is 6. The van der Waals surface area contributed by atoms with Crippen LogP contribution < -0.4 is 5.32 Å². The van der Waals surface area contributed by atoms with Gasteiger partial charge in [0, 0.05) is 48.1 Å². The van der Waals surface area contributed by atoms with Crippen molar-refractivity contribution in [2.75, 3.05) is 25.2 Å². The van der Waals surface area contributed by atoms with E-state index in [2.05, 4.69) is 20.5 Å². The maximum absolute atomic E-state index is 12.8. The molecule has 5 aromatic rings. The number of anilines is 1. The van der Waals surface area contributed by atoms with Crippen molar-refractivity contribution in [1.29, 1.82) is 0 Å². The number of carbonyl (C=O) groups is 1. The predicted molar refractivity (Wildman–Crippen MR) is 145 cm³/mol. The Morgan fingerprint density at radius 2 is 1.76 bits per heavy atom. The first-order valence-electron chi connectivity index (χ1n) is 11.4. The maximum atomic E-state index is 12.8. The second kappa shape index (κ2) is 10.2. The molecule has 0 spiro atoms. The molecular weight excluding hydrogens is 508 g/mol. The van der Waals surface area contributed by atoms with Gasteiger partial charge in [0.25, 0.3) is 0 Å². The summed E-state index contributed by atoms with van der Waals surface area (Å²) in [5.74, 6) is 0.428. The summed E-state index contributed by atoms with van der Waals surface area (Å²) in [5, 5.41) is 13.2. The molecule has 2 aromatic heterocycles. The van der Waals surface area contributed by atoms with Crippen molar-refractivity contribution in [3.8, 4) is 17.1 Å². The van der Waals surface area contributed by atoms with E-state index in [1.165, 1.54) is 38.0 Å². The van der Waals surface area contributed by atoms with Gasteiger partial charge in [0.2, 0.25) is 15.9 Å². The van der Waals surface area contributed by atoms with Crippen LogP contribution in [-0.2, 0) is 14.8 Å². The fraction of sp³-hybridized carbons (Fsp3) is 0.115. The molecule has 3 aromatic carbocycles. The van der Waals surface area contributed by atoms with Gasteiger partial charge < -0.3 is 10.3 Å². The quantitative estimate of drug-likeness (QED) is 0.287. The summed E-state index contributed by atoms with van der Waals surface area (Å²) in [6.45, 7) is 0. The molecule has 0 saturated heterocycles. The highest BCUT2D eigenvalue weighted by Gasteiger charge is 2.20. The Morgan fingerprint density at radius 3 is 2.54 bits per heavy atom. The van der Waals surface area contributed by atoms with Gasteiger partial charge in [0.15, 0.2) is 11.0 Å². The minimum Gasteiger partial charge on any atom is -0.360 e. The van der Waals surface area contributed by atoms with Crippen LogP contribution in [0, 0.1) is 0 Å². The van der Waals surface area contributed by atoms with Gasteiger partial charge in [-0.3, -0.25) is 9.36 Å². The van der Waals surface area contributed by atoms with E-state index in [0.29, 0.717) is 16.7 Å². The average Bonchev–Trinajstić information content (AvgIpc) is 3.52. The van der Waals surface area contributed by atoms with Gasteiger partial charge in [-0.25, -0.2) is 12.7 Å². The molecule has 11 heteroatoms. The molecule has 2 N–H and O–H groups in total. The average molecular weight is 533 g/mol. The van der Waals surface area contributed by atoms with Gasteiger partial charge in [0.05, 0.1) is 10.6 Å². The summed E-state index contributed by atoms with van der Waals surface area (Å²) >= 11 is 1.25. The van der Waals surface area contributed by atoms with Gasteiger partial charge in [-0.05, 0) is 36.4 Å². The summed E-state index contributed by atoms with van der Waals surface area (Å²) in [4.78, 5) is 16.2. The van der Waals surface area contributed by atoms with Crippen LogP contribution in [0.3, 0.4) is 0 Å². The lowest BCUT2D eigenvalue weighted by Gasteiger charge is -2.13. The predicted octanol–water partition coefficient (Wildman–Crippen LogP) is 4.40. The van der Waals surface area contributed by atoms with Gasteiger partial charge in [-0.1, -0.05) is 54.2 Å². The fourth-order valence-electron chi connectivity index (χ4n) is 3.88. The molecule has 2 heterocycles. The normalized spacial score (nSPS) is 11.8. The van der Waals surface area contributed by atoms with Crippen molar-refractivity contribution in [1.82, 2.24) is 24.1 Å². The monoisotopic (exact) mass is 532 g/mol. The molecule has 0 fully saturated rings. The zero-order valence-corrected chi connectivity index (χ0v) is 21.8. The van der Waals surface area contributed by atoms with Crippen LogP contribution in [0.15, 0.2) is 95.1 Å². The molecule has 37 heavy (non-hydrogen) atoms. The number of benzene rings is 3. The van der Waals surface area contributed by atoms with Crippen molar-refractivity contribution < 1.29 is 13.2 Å². The molecule has 0 radical (unpaired) electrons. The van der Waals surface area contributed by atoms with E-state index in [4.69, 9.17) is 0 Å². The number of aromatic amines is 1. The number of nitrogens with one attached hydrogen (secondary N) is 2. The SMILES string of the molecule is CN(C)S(=O)(=O)c1cccc(NC(=O)CSc2nnc(-c3c[nH]c4ccccc34)n2-c2ccccc2)c1. The summed E-state index contributed by atoms with van der Waals surface area (Å²) < 4.78 is 27.9. The largest absolute Gasteiger partial charge is 0.360 e. The van der Waals surface area contributed by atoms with Crippen LogP contribution in [0.1, 0.15) is 0 Å². The van der Waals surface area contributed by atoms with Crippen LogP contribution in [0.25, 0.3) is 28.0 Å². The van der Waals surface area contributed by atoms with E-state index < -0.39 is 10.0 Å². The molecular formula is C26H24N6O3S2. The first-order chi connectivity index (χ1) is 17.8. The molecule has 5 rings (SSSR count). The standard InChI is InChI=1S/C26H24N6O3S2/c1-31(2)37(34,35)20-12-8-9-18(15-20)28-24(33)17-36-26-30-29-25(32(26)19-10-4-3-5-11-19)22-16-27-23-14-7-6-13-21(22)23/h3-16,27H,17H2,1-2H3,(H,28,33). The Hall–Kier alpha value is -3.93. The Morgan fingerprint density at radius 1 is 1.00 bits per heavy atom. The summed E-state index contributed by atoms with van der Waals surface area (Å²) in [6, 6.07) is 23.9. The summed E-state index contributed by atoms with van der Waals surface area (Å²) in [7, 11) is -0.683. The van der Waals surface area contributed by atoms with Crippen LogP contribution in [0.5, 0.6) is 0 Å². The van der Waals surface area contributed by atoms with Crippen LogP contribution in [0.4, 0.5) is 5.69 Å². The zero-order valence-electron chi connectivity index (χ0n) is 20.1. The number of H-pyrrole nitrogens is 1. The number of nitrogens with zero attached hydrogens (tertiary/aromatic N) is 4. The number of amides is 1. The number of para-hydroxylation sites is 2. The molecule has 0 aliphatic heterocycles. The molecule has 0 atom stereocenters. The van der Waals surface area contributed by atoms with Gasteiger partial charge in [0.1, 0.15) is 0 Å². The van der Waals surface area contributed by atoms with Crippen molar-refractivity contribution in [2.24, 2.45) is 0 Å². The molecule has 1 amide bonds. The minimum absolute atomic E-state index is 0.0590. The third-order valence-corrected chi connectivity index (χ3v) is 8.45.